The molecule has 2 heteroatoms. The Labute approximate surface area is 104 Å². The van der Waals surface area contributed by atoms with E-state index in [1.807, 2.05) is 0 Å². The second-order valence-electron chi connectivity index (χ2n) is 4.92. The van der Waals surface area contributed by atoms with Crippen LogP contribution in [0.2, 0.25) is 0 Å². The van der Waals surface area contributed by atoms with E-state index in [9.17, 15) is 0 Å². The lowest BCUT2D eigenvalue weighted by Crippen LogP contribution is -2.36. The van der Waals surface area contributed by atoms with Gasteiger partial charge in [-0.3, -0.25) is 0 Å². The third kappa shape index (κ3) is 3.83. The fraction of sp³-hybridized carbons (Fsp3) is 0.600. The maximum Gasteiger partial charge on any atom is 0.0657 e. The minimum Gasteiger partial charge on any atom is -0.383 e. The molecule has 0 unspecified atom stereocenters. The van der Waals surface area contributed by atoms with Crippen LogP contribution in [0.15, 0.2) is 30.3 Å². The number of hydrogen-bond acceptors (Lipinski definition) is 2. The highest BCUT2D eigenvalue weighted by atomic mass is 16.5. The Bertz CT molecular complexity index is 306. The molecule has 2 nitrogen and oxygen atoms in total. The van der Waals surface area contributed by atoms with Gasteiger partial charge in [0.25, 0.3) is 0 Å². The molecule has 0 radical (unpaired) electrons. The molecule has 0 bridgehead atoms. The molecule has 0 heterocycles. The molecule has 2 rings (SSSR count). The number of benzene rings is 1. The lowest BCUT2D eigenvalue weighted by Gasteiger charge is -2.28. The Morgan fingerprint density at radius 1 is 1.18 bits per heavy atom. The standard InChI is InChI=1S/C15H23NO/c1-17-12-15(13-8-4-2-5-9-13)16-14-10-6-3-7-11-14/h2,4-5,8-9,14-16H,3,6-7,10-12H2,1H3/t15-/m1/s1. The summed E-state index contributed by atoms with van der Waals surface area (Å²) in [5.74, 6) is 0. The maximum atomic E-state index is 5.34. The number of hydrogen-bond donors (Lipinski definition) is 1. The summed E-state index contributed by atoms with van der Waals surface area (Å²) in [6, 6.07) is 11.6. The van der Waals surface area contributed by atoms with Gasteiger partial charge in [0.15, 0.2) is 0 Å². The van der Waals surface area contributed by atoms with Gasteiger partial charge in [-0.1, -0.05) is 49.6 Å². The number of rotatable bonds is 5. The molecule has 1 atom stereocenters. The van der Waals surface area contributed by atoms with Crippen molar-refractivity contribution in [1.82, 2.24) is 5.32 Å². The lowest BCUT2D eigenvalue weighted by molar-refractivity contribution is 0.156. The van der Waals surface area contributed by atoms with Gasteiger partial charge in [-0.05, 0) is 18.4 Å². The summed E-state index contributed by atoms with van der Waals surface area (Å²) >= 11 is 0. The molecule has 1 fully saturated rings. The molecule has 0 aromatic heterocycles. The van der Waals surface area contributed by atoms with E-state index < -0.39 is 0 Å². The first-order chi connectivity index (χ1) is 8.40. The molecule has 94 valence electrons. The van der Waals surface area contributed by atoms with E-state index in [4.69, 9.17) is 4.74 Å². The Kier molecular flexibility index (Phi) is 5.02. The van der Waals surface area contributed by atoms with E-state index in [-0.39, 0.29) is 0 Å². The summed E-state index contributed by atoms with van der Waals surface area (Å²) in [5.41, 5.74) is 1.33. The summed E-state index contributed by atoms with van der Waals surface area (Å²) in [4.78, 5) is 0. The average Bonchev–Trinajstić information content (AvgIpc) is 2.40. The molecule has 0 spiro atoms. The minimum absolute atomic E-state index is 0.337. The maximum absolute atomic E-state index is 5.34. The van der Waals surface area contributed by atoms with Crippen LogP contribution in [0, 0.1) is 0 Å². The highest BCUT2D eigenvalue weighted by Crippen LogP contribution is 2.21. The largest absolute Gasteiger partial charge is 0.383 e. The van der Waals surface area contributed by atoms with Gasteiger partial charge < -0.3 is 10.1 Å². The molecular formula is C15H23NO. The van der Waals surface area contributed by atoms with Crippen molar-refractivity contribution in [2.45, 2.75) is 44.2 Å². The molecule has 0 saturated heterocycles. The predicted molar refractivity (Wildman–Crippen MR) is 71.1 cm³/mol. The van der Waals surface area contributed by atoms with Crippen molar-refractivity contribution in [2.75, 3.05) is 13.7 Å². The zero-order chi connectivity index (χ0) is 11.9. The predicted octanol–water partition coefficient (Wildman–Crippen LogP) is 3.30. The Morgan fingerprint density at radius 2 is 1.88 bits per heavy atom. The quantitative estimate of drug-likeness (QED) is 0.842. The van der Waals surface area contributed by atoms with Crippen molar-refractivity contribution in [2.24, 2.45) is 0 Å². The monoisotopic (exact) mass is 233 g/mol. The van der Waals surface area contributed by atoms with Crippen molar-refractivity contribution in [1.29, 1.82) is 0 Å². The zero-order valence-electron chi connectivity index (χ0n) is 10.7. The summed E-state index contributed by atoms with van der Waals surface area (Å²) in [6.45, 7) is 0.751. The second-order valence-corrected chi connectivity index (χ2v) is 4.92. The smallest absolute Gasteiger partial charge is 0.0657 e. The topological polar surface area (TPSA) is 21.3 Å². The molecule has 1 aromatic rings. The van der Waals surface area contributed by atoms with Gasteiger partial charge in [0.2, 0.25) is 0 Å². The van der Waals surface area contributed by atoms with Gasteiger partial charge in [0, 0.05) is 13.2 Å². The fourth-order valence-corrected chi connectivity index (χ4v) is 2.65. The van der Waals surface area contributed by atoms with Crippen molar-refractivity contribution in [3.8, 4) is 0 Å². The van der Waals surface area contributed by atoms with Gasteiger partial charge in [0.05, 0.1) is 12.6 Å². The van der Waals surface area contributed by atoms with E-state index in [0.717, 1.165) is 6.61 Å². The fourth-order valence-electron chi connectivity index (χ4n) is 2.65. The minimum atomic E-state index is 0.337. The third-order valence-corrected chi connectivity index (χ3v) is 3.58. The Balaban J connectivity index is 1.96. The molecule has 1 aliphatic rings. The lowest BCUT2D eigenvalue weighted by atomic mass is 9.94. The molecule has 1 saturated carbocycles. The van der Waals surface area contributed by atoms with Crippen LogP contribution in [0.3, 0.4) is 0 Å². The summed E-state index contributed by atoms with van der Waals surface area (Å²) in [6.07, 6.45) is 6.76. The second kappa shape index (κ2) is 6.77. The van der Waals surface area contributed by atoms with E-state index in [1.165, 1.54) is 37.7 Å². The van der Waals surface area contributed by atoms with Crippen LogP contribution in [0.5, 0.6) is 0 Å². The molecule has 0 aliphatic heterocycles. The van der Waals surface area contributed by atoms with Crippen LogP contribution in [-0.4, -0.2) is 19.8 Å². The summed E-state index contributed by atoms with van der Waals surface area (Å²) in [7, 11) is 1.78. The first-order valence-corrected chi connectivity index (χ1v) is 6.70. The van der Waals surface area contributed by atoms with Crippen molar-refractivity contribution >= 4 is 0 Å². The van der Waals surface area contributed by atoms with E-state index >= 15 is 0 Å². The van der Waals surface area contributed by atoms with Crippen LogP contribution >= 0.6 is 0 Å². The van der Waals surface area contributed by atoms with E-state index in [2.05, 4.69) is 35.6 Å². The molecular weight excluding hydrogens is 210 g/mol. The number of ether oxygens (including phenoxy) is 1. The first-order valence-electron chi connectivity index (χ1n) is 6.70. The van der Waals surface area contributed by atoms with Crippen molar-refractivity contribution in [3.63, 3.8) is 0 Å². The Morgan fingerprint density at radius 3 is 2.53 bits per heavy atom. The third-order valence-electron chi connectivity index (χ3n) is 3.58. The SMILES string of the molecule is COC[C@@H](NC1CCCCC1)c1ccccc1. The van der Waals surface area contributed by atoms with Crippen molar-refractivity contribution < 1.29 is 4.74 Å². The van der Waals surface area contributed by atoms with Crippen LogP contribution in [0.25, 0.3) is 0 Å². The van der Waals surface area contributed by atoms with Gasteiger partial charge in [-0.2, -0.15) is 0 Å². The van der Waals surface area contributed by atoms with Gasteiger partial charge in [-0.25, -0.2) is 0 Å². The summed E-state index contributed by atoms with van der Waals surface area (Å²) in [5, 5.41) is 3.75. The molecule has 0 amide bonds. The highest BCUT2D eigenvalue weighted by Gasteiger charge is 2.18. The van der Waals surface area contributed by atoms with Crippen LogP contribution < -0.4 is 5.32 Å². The number of methoxy groups -OCH3 is 1. The Hall–Kier alpha value is -0.860. The average molecular weight is 233 g/mol. The molecule has 1 N–H and O–H groups in total. The normalized spacial score (nSPS) is 19.1. The van der Waals surface area contributed by atoms with Crippen LogP contribution in [0.1, 0.15) is 43.7 Å². The highest BCUT2D eigenvalue weighted by molar-refractivity contribution is 5.19. The van der Waals surface area contributed by atoms with E-state index in [0.29, 0.717) is 12.1 Å². The number of nitrogens with one attached hydrogen (secondary N) is 1. The van der Waals surface area contributed by atoms with E-state index in [1.54, 1.807) is 7.11 Å². The van der Waals surface area contributed by atoms with Gasteiger partial charge >= 0.3 is 0 Å². The van der Waals surface area contributed by atoms with Crippen LogP contribution in [0.4, 0.5) is 0 Å². The zero-order valence-corrected chi connectivity index (χ0v) is 10.7. The van der Waals surface area contributed by atoms with Gasteiger partial charge in [-0.15, -0.1) is 0 Å². The molecule has 1 aliphatic carbocycles. The van der Waals surface area contributed by atoms with Gasteiger partial charge in [0.1, 0.15) is 0 Å². The first kappa shape index (κ1) is 12.6. The van der Waals surface area contributed by atoms with Crippen molar-refractivity contribution in [3.05, 3.63) is 35.9 Å². The molecule has 1 aromatic carbocycles. The van der Waals surface area contributed by atoms with Crippen LogP contribution in [-0.2, 0) is 4.74 Å². The molecule has 17 heavy (non-hydrogen) atoms. The summed E-state index contributed by atoms with van der Waals surface area (Å²) < 4.78 is 5.34.